The molecule has 0 heterocycles. The zero-order valence-corrected chi connectivity index (χ0v) is 20.2. The predicted molar refractivity (Wildman–Crippen MR) is 129 cm³/mol. The first-order valence-corrected chi connectivity index (χ1v) is 13.4. The Morgan fingerprint density at radius 3 is 2.56 bits per heavy atom. The highest BCUT2D eigenvalue weighted by Crippen LogP contribution is 2.64. The molecule has 1 aromatic carbocycles. The lowest BCUT2D eigenvalue weighted by Crippen LogP contribution is -2.51. The van der Waals surface area contributed by atoms with Gasteiger partial charge in [0.1, 0.15) is 5.78 Å². The molecular formula is C29H43NO2. The zero-order valence-electron chi connectivity index (χ0n) is 20.2. The molecule has 5 rings (SSSR count). The van der Waals surface area contributed by atoms with Crippen LogP contribution in [-0.4, -0.2) is 23.0 Å². The second-order valence-electron chi connectivity index (χ2n) is 12.2. The van der Waals surface area contributed by atoms with Gasteiger partial charge in [-0.2, -0.15) is 0 Å². The van der Waals surface area contributed by atoms with Gasteiger partial charge >= 0.3 is 0 Å². The minimum atomic E-state index is -0.434. The number of Topliss-reactive ketones (excluding diaryl/α,β-unsaturated/α-hetero) is 1. The van der Waals surface area contributed by atoms with Gasteiger partial charge in [-0.15, -0.1) is 0 Å². The van der Waals surface area contributed by atoms with E-state index in [0.717, 1.165) is 61.9 Å². The van der Waals surface area contributed by atoms with Crippen LogP contribution < -0.4 is 5.32 Å². The first kappa shape index (κ1) is 22.6. The molecule has 4 aliphatic rings. The van der Waals surface area contributed by atoms with Crippen molar-refractivity contribution in [3.8, 4) is 0 Å². The number of ketones is 1. The third-order valence-electron chi connectivity index (χ3n) is 10.3. The smallest absolute Gasteiger partial charge is 0.137 e. The van der Waals surface area contributed by atoms with Gasteiger partial charge in [-0.1, -0.05) is 37.3 Å². The molecule has 176 valence electrons. The van der Waals surface area contributed by atoms with Gasteiger partial charge in [0.05, 0.1) is 5.60 Å². The molecule has 4 saturated carbocycles. The first-order chi connectivity index (χ1) is 15.4. The maximum Gasteiger partial charge on any atom is 0.137 e. The fraction of sp³-hybridized carbons (Fsp3) is 0.759. The van der Waals surface area contributed by atoms with Crippen LogP contribution in [0.15, 0.2) is 30.3 Å². The van der Waals surface area contributed by atoms with Gasteiger partial charge in [-0.3, -0.25) is 4.79 Å². The van der Waals surface area contributed by atoms with E-state index in [1.165, 1.54) is 44.1 Å². The number of aliphatic hydroxyl groups is 1. The van der Waals surface area contributed by atoms with Crippen molar-refractivity contribution in [2.45, 2.75) is 90.2 Å². The topological polar surface area (TPSA) is 49.3 Å². The Labute approximate surface area is 194 Å². The largest absolute Gasteiger partial charge is 0.390 e. The number of nitrogens with one attached hydrogen (secondary N) is 1. The molecule has 0 saturated heterocycles. The minimum Gasteiger partial charge on any atom is -0.390 e. The number of benzene rings is 1. The molecule has 0 bridgehead atoms. The molecule has 3 nitrogen and oxygen atoms in total. The Bertz CT molecular complexity index is 805. The van der Waals surface area contributed by atoms with Crippen LogP contribution in [0.3, 0.4) is 0 Å². The summed E-state index contributed by atoms with van der Waals surface area (Å²) in [6, 6.07) is 10.5. The normalized spacial score (nSPS) is 43.2. The lowest BCUT2D eigenvalue weighted by molar-refractivity contribution is -0.132. The molecule has 0 aliphatic heterocycles. The summed E-state index contributed by atoms with van der Waals surface area (Å²) < 4.78 is 0. The average Bonchev–Trinajstić information content (AvgIpc) is 3.13. The Balaban J connectivity index is 1.18. The van der Waals surface area contributed by atoms with Crippen molar-refractivity contribution < 1.29 is 9.90 Å². The molecular weight excluding hydrogens is 394 g/mol. The van der Waals surface area contributed by atoms with Crippen LogP contribution in [0.1, 0.15) is 83.6 Å². The quantitative estimate of drug-likeness (QED) is 0.557. The molecule has 3 heteroatoms. The van der Waals surface area contributed by atoms with Gasteiger partial charge < -0.3 is 10.4 Å². The first-order valence-electron chi connectivity index (χ1n) is 13.4. The summed E-state index contributed by atoms with van der Waals surface area (Å²) in [5, 5.41) is 14.1. The molecule has 8 atom stereocenters. The number of carbonyl (C=O) groups is 1. The van der Waals surface area contributed by atoms with E-state index in [9.17, 15) is 9.90 Å². The molecule has 32 heavy (non-hydrogen) atoms. The number of rotatable bonds is 6. The predicted octanol–water partition coefficient (Wildman–Crippen LogP) is 5.76. The summed E-state index contributed by atoms with van der Waals surface area (Å²) in [4.78, 5) is 13.3. The van der Waals surface area contributed by atoms with Crippen molar-refractivity contribution in [1.82, 2.24) is 5.32 Å². The number of hydrogen-bond donors (Lipinski definition) is 2. The van der Waals surface area contributed by atoms with Gasteiger partial charge in [-0.05, 0) is 105 Å². The molecule has 0 spiro atoms. The fourth-order valence-corrected chi connectivity index (χ4v) is 8.82. The van der Waals surface area contributed by atoms with Crippen LogP contribution in [0.2, 0.25) is 0 Å². The van der Waals surface area contributed by atoms with E-state index in [1.807, 2.05) is 6.07 Å². The summed E-state index contributed by atoms with van der Waals surface area (Å²) in [7, 11) is 0. The highest BCUT2D eigenvalue weighted by Gasteiger charge is 2.58. The van der Waals surface area contributed by atoms with Crippen molar-refractivity contribution in [3.63, 3.8) is 0 Å². The lowest BCUT2D eigenvalue weighted by Gasteiger charge is -2.56. The van der Waals surface area contributed by atoms with Crippen molar-refractivity contribution in [2.24, 2.45) is 40.9 Å². The molecule has 0 radical (unpaired) electrons. The van der Waals surface area contributed by atoms with E-state index in [2.05, 4.69) is 43.4 Å². The van der Waals surface area contributed by atoms with Crippen LogP contribution in [0.5, 0.6) is 0 Å². The fourth-order valence-electron chi connectivity index (χ4n) is 8.82. The summed E-state index contributed by atoms with van der Waals surface area (Å²) in [6.07, 6.45) is 11.5. The van der Waals surface area contributed by atoms with Gasteiger partial charge in [-0.25, -0.2) is 0 Å². The van der Waals surface area contributed by atoms with Gasteiger partial charge in [0, 0.05) is 25.4 Å². The third kappa shape index (κ3) is 4.20. The third-order valence-corrected chi connectivity index (χ3v) is 10.3. The number of carbonyl (C=O) groups excluding carboxylic acids is 1. The Kier molecular flexibility index (Phi) is 6.26. The van der Waals surface area contributed by atoms with E-state index in [0.29, 0.717) is 12.2 Å². The van der Waals surface area contributed by atoms with E-state index in [1.54, 1.807) is 0 Å². The highest BCUT2D eigenvalue weighted by atomic mass is 16.3. The standard InChI is InChI=1S/C29H43NO2/c1-28(32)15-12-22-21(18-28)8-9-24-23(22)13-16-29(2)25(24)10-11-26(29)27(31)14-17-30-19-20-6-4-3-5-7-20/h3-7,21-26,30,32H,8-19H2,1-2H3/t21-,22+,23-,24-,25+,26-,28-,29+/m1/s1. The van der Waals surface area contributed by atoms with Crippen LogP contribution in [0, 0.1) is 40.9 Å². The summed E-state index contributed by atoms with van der Waals surface area (Å²) in [5.41, 5.74) is 1.08. The summed E-state index contributed by atoms with van der Waals surface area (Å²) in [6.45, 7) is 6.16. The van der Waals surface area contributed by atoms with Crippen molar-refractivity contribution in [1.29, 1.82) is 0 Å². The maximum absolute atomic E-state index is 13.3. The second-order valence-corrected chi connectivity index (χ2v) is 12.2. The Morgan fingerprint density at radius 2 is 1.75 bits per heavy atom. The average molecular weight is 438 g/mol. The summed E-state index contributed by atoms with van der Waals surface area (Å²) >= 11 is 0. The van der Waals surface area contributed by atoms with Gasteiger partial charge in [0.25, 0.3) is 0 Å². The van der Waals surface area contributed by atoms with E-state index >= 15 is 0 Å². The molecule has 1 aromatic rings. The molecule has 0 amide bonds. The van der Waals surface area contributed by atoms with Gasteiger partial charge in [0.15, 0.2) is 0 Å². The Morgan fingerprint density at radius 1 is 0.969 bits per heavy atom. The maximum atomic E-state index is 13.3. The van der Waals surface area contributed by atoms with Crippen LogP contribution in [0.4, 0.5) is 0 Å². The van der Waals surface area contributed by atoms with Gasteiger partial charge in [0.2, 0.25) is 0 Å². The van der Waals surface area contributed by atoms with Crippen molar-refractivity contribution >= 4 is 5.78 Å². The van der Waals surface area contributed by atoms with E-state index in [-0.39, 0.29) is 11.3 Å². The van der Waals surface area contributed by atoms with E-state index in [4.69, 9.17) is 0 Å². The number of hydrogen-bond acceptors (Lipinski definition) is 3. The molecule has 0 unspecified atom stereocenters. The molecule has 0 aromatic heterocycles. The molecule has 4 fully saturated rings. The monoisotopic (exact) mass is 437 g/mol. The van der Waals surface area contributed by atoms with E-state index < -0.39 is 5.60 Å². The van der Waals surface area contributed by atoms with Crippen molar-refractivity contribution in [3.05, 3.63) is 35.9 Å². The summed E-state index contributed by atoms with van der Waals surface area (Å²) in [5.74, 6) is 4.77. The SMILES string of the molecule is C[C@@]1(O)CC[C@H]2[C@H](CC[C@@H]3[C@@H]2CC[C@]2(C)[C@@H](C(=O)CCNCc4ccccc4)CC[C@@H]32)C1. The van der Waals surface area contributed by atoms with Crippen LogP contribution in [-0.2, 0) is 11.3 Å². The molecule has 4 aliphatic carbocycles. The Hall–Kier alpha value is -1.19. The van der Waals surface area contributed by atoms with Crippen molar-refractivity contribution in [2.75, 3.05) is 6.54 Å². The van der Waals surface area contributed by atoms with Crippen LogP contribution in [0.25, 0.3) is 0 Å². The van der Waals surface area contributed by atoms with Crippen LogP contribution >= 0.6 is 0 Å². The molecule has 2 N–H and O–H groups in total. The lowest BCUT2D eigenvalue weighted by atomic mass is 9.49. The second kappa shape index (κ2) is 8.87. The highest BCUT2D eigenvalue weighted by molar-refractivity contribution is 5.82. The zero-order chi connectivity index (χ0) is 22.3. The number of fused-ring (bicyclic) bond motifs is 5. The minimum absolute atomic E-state index is 0.227.